The molecule has 7 nitrogen and oxygen atoms in total. The Morgan fingerprint density at radius 3 is 2.41 bits per heavy atom. The topological polar surface area (TPSA) is 67.2 Å². The lowest BCUT2D eigenvalue weighted by Gasteiger charge is -2.36. The largest absolute Gasteiger partial charge is 0.368 e. The fourth-order valence-corrected chi connectivity index (χ4v) is 4.52. The van der Waals surface area contributed by atoms with Gasteiger partial charge in [0.15, 0.2) is 5.82 Å². The lowest BCUT2D eigenvalue weighted by Crippen LogP contribution is -2.46. The Hall–Kier alpha value is -2.96. The lowest BCUT2D eigenvalue weighted by atomic mass is 10.1. The van der Waals surface area contributed by atoms with Gasteiger partial charge in [-0.1, -0.05) is 12.8 Å². The lowest BCUT2D eigenvalue weighted by molar-refractivity contribution is 0.499. The molecule has 0 amide bonds. The Balaban J connectivity index is 1.34. The van der Waals surface area contributed by atoms with Crippen LogP contribution in [0.3, 0.4) is 0 Å². The highest BCUT2D eigenvalue weighted by Gasteiger charge is 2.21. The Bertz CT molecular complexity index is 1060. The first-order chi connectivity index (χ1) is 14.2. The zero-order valence-corrected chi connectivity index (χ0v) is 16.8. The molecule has 5 rings (SSSR count). The molecule has 1 saturated carbocycles. The van der Waals surface area contributed by atoms with Crippen molar-refractivity contribution in [2.24, 2.45) is 0 Å². The summed E-state index contributed by atoms with van der Waals surface area (Å²) in [6.45, 7) is 5.55. The predicted octanol–water partition coefficient (Wildman–Crippen LogP) is 2.94. The third-order valence-electron chi connectivity index (χ3n) is 6.24. The highest BCUT2D eigenvalue weighted by atomic mass is 16.1. The minimum atomic E-state index is 0.0937. The molecule has 1 aromatic carbocycles. The van der Waals surface area contributed by atoms with Crippen molar-refractivity contribution in [1.82, 2.24) is 19.7 Å². The number of fused-ring (bicyclic) bond motifs is 1. The highest BCUT2D eigenvalue weighted by Crippen LogP contribution is 2.29. The average molecular weight is 390 g/mol. The normalized spacial score (nSPS) is 18.0. The van der Waals surface area contributed by atoms with Crippen LogP contribution in [0.5, 0.6) is 0 Å². The van der Waals surface area contributed by atoms with Gasteiger partial charge in [-0.2, -0.15) is 5.10 Å². The fraction of sp³-hybridized carbons (Fsp3) is 0.455. The smallest absolute Gasteiger partial charge is 0.261 e. The first-order valence-electron chi connectivity index (χ1n) is 10.5. The Labute approximate surface area is 170 Å². The van der Waals surface area contributed by atoms with Crippen molar-refractivity contribution in [3.8, 4) is 0 Å². The molecule has 0 spiro atoms. The molecule has 2 aromatic heterocycles. The number of aryl methyl sites for hydroxylation is 1. The number of benzene rings is 1. The van der Waals surface area contributed by atoms with Gasteiger partial charge in [0.1, 0.15) is 0 Å². The molecule has 7 heteroatoms. The van der Waals surface area contributed by atoms with Crippen LogP contribution in [-0.4, -0.2) is 45.9 Å². The third-order valence-corrected chi connectivity index (χ3v) is 6.24. The van der Waals surface area contributed by atoms with E-state index in [2.05, 4.69) is 37.1 Å². The van der Waals surface area contributed by atoms with Crippen molar-refractivity contribution in [3.05, 3.63) is 52.7 Å². The van der Waals surface area contributed by atoms with E-state index < -0.39 is 0 Å². The van der Waals surface area contributed by atoms with E-state index in [-0.39, 0.29) is 5.56 Å². The van der Waals surface area contributed by atoms with Crippen molar-refractivity contribution >= 4 is 22.4 Å². The molecule has 0 N–H and O–H groups in total. The molecule has 1 aliphatic heterocycles. The van der Waals surface area contributed by atoms with Crippen LogP contribution in [0.4, 0.5) is 11.5 Å². The summed E-state index contributed by atoms with van der Waals surface area (Å²) in [5.74, 6) is 0.933. The molecule has 2 fully saturated rings. The van der Waals surface area contributed by atoms with E-state index in [1.807, 2.05) is 29.7 Å². The molecule has 0 radical (unpaired) electrons. The molecule has 2 aliphatic rings. The maximum atomic E-state index is 12.9. The number of nitrogens with zero attached hydrogens (tertiary/aromatic N) is 6. The van der Waals surface area contributed by atoms with Gasteiger partial charge in [0.25, 0.3) is 5.56 Å². The summed E-state index contributed by atoms with van der Waals surface area (Å²) >= 11 is 0. The van der Waals surface area contributed by atoms with Gasteiger partial charge in [-0.05, 0) is 50.1 Å². The molecule has 150 valence electrons. The van der Waals surface area contributed by atoms with Gasteiger partial charge in [-0.25, -0.2) is 4.98 Å². The number of aromatic nitrogens is 4. The quantitative estimate of drug-likeness (QED) is 0.685. The predicted molar refractivity (Wildman–Crippen MR) is 115 cm³/mol. The number of anilines is 2. The maximum absolute atomic E-state index is 12.9. The number of rotatable bonds is 3. The van der Waals surface area contributed by atoms with E-state index >= 15 is 0 Å². The zero-order chi connectivity index (χ0) is 19.8. The Morgan fingerprint density at radius 1 is 0.931 bits per heavy atom. The second kappa shape index (κ2) is 7.46. The molecule has 0 bridgehead atoms. The van der Waals surface area contributed by atoms with Crippen molar-refractivity contribution in [2.45, 2.75) is 38.6 Å². The van der Waals surface area contributed by atoms with Crippen molar-refractivity contribution < 1.29 is 0 Å². The van der Waals surface area contributed by atoms with Crippen LogP contribution in [0, 0.1) is 6.92 Å². The molecule has 1 saturated heterocycles. The molecular formula is C22H26N6O. The van der Waals surface area contributed by atoms with Gasteiger partial charge >= 0.3 is 0 Å². The van der Waals surface area contributed by atoms with Gasteiger partial charge < -0.3 is 9.80 Å². The van der Waals surface area contributed by atoms with Crippen LogP contribution >= 0.6 is 0 Å². The van der Waals surface area contributed by atoms with Gasteiger partial charge in [-0.3, -0.25) is 9.36 Å². The summed E-state index contributed by atoms with van der Waals surface area (Å²) in [7, 11) is 0. The van der Waals surface area contributed by atoms with E-state index in [4.69, 9.17) is 0 Å². The van der Waals surface area contributed by atoms with Crippen molar-refractivity contribution in [3.63, 3.8) is 0 Å². The van der Waals surface area contributed by atoms with Crippen LogP contribution in [0.25, 0.3) is 10.9 Å². The summed E-state index contributed by atoms with van der Waals surface area (Å²) < 4.78 is 1.84. The fourth-order valence-electron chi connectivity index (χ4n) is 4.52. The first-order valence-corrected chi connectivity index (χ1v) is 10.5. The van der Waals surface area contributed by atoms with E-state index in [0.717, 1.165) is 67.1 Å². The molecule has 0 unspecified atom stereocenters. The van der Waals surface area contributed by atoms with Crippen LogP contribution in [0.1, 0.15) is 37.4 Å². The van der Waals surface area contributed by atoms with E-state index in [9.17, 15) is 4.79 Å². The van der Waals surface area contributed by atoms with Crippen molar-refractivity contribution in [1.29, 1.82) is 0 Å². The summed E-state index contributed by atoms with van der Waals surface area (Å²) in [5.41, 5.74) is 2.94. The Morgan fingerprint density at radius 2 is 1.69 bits per heavy atom. The molecule has 3 heterocycles. The van der Waals surface area contributed by atoms with Gasteiger partial charge in [0.05, 0.1) is 22.9 Å². The van der Waals surface area contributed by atoms with Gasteiger partial charge in [0, 0.05) is 37.9 Å². The van der Waals surface area contributed by atoms with Gasteiger partial charge in [-0.15, -0.1) is 5.10 Å². The molecule has 3 aromatic rings. The van der Waals surface area contributed by atoms with Gasteiger partial charge in [0.2, 0.25) is 0 Å². The van der Waals surface area contributed by atoms with Crippen LogP contribution < -0.4 is 15.4 Å². The molecule has 1 aliphatic carbocycles. The Kier molecular flexibility index (Phi) is 4.66. The van der Waals surface area contributed by atoms with E-state index in [0.29, 0.717) is 6.04 Å². The highest BCUT2D eigenvalue weighted by molar-refractivity contribution is 5.81. The van der Waals surface area contributed by atoms with Crippen molar-refractivity contribution in [2.75, 3.05) is 36.0 Å². The van der Waals surface area contributed by atoms with E-state index in [1.165, 1.54) is 12.8 Å². The number of piperazine rings is 1. The van der Waals surface area contributed by atoms with Crippen LogP contribution in [-0.2, 0) is 0 Å². The summed E-state index contributed by atoms with van der Waals surface area (Å²) in [6, 6.07) is 10.4. The minimum absolute atomic E-state index is 0.0937. The SMILES string of the molecule is Cc1ccc(N2CCN(c3ccc4c(=O)n(C5CCCC5)cnc4c3)CC2)nn1. The van der Waals surface area contributed by atoms with E-state index in [1.54, 1.807) is 6.33 Å². The third kappa shape index (κ3) is 3.45. The standard InChI is InChI=1S/C22H26N6O/c1-16-6-9-21(25-24-16)27-12-10-26(11-13-27)18-7-8-19-20(14-18)23-15-28(22(19)29)17-4-2-3-5-17/h6-9,14-15,17H,2-5,10-13H2,1H3. The van der Waals surface area contributed by atoms with Crippen LogP contribution in [0.15, 0.2) is 41.5 Å². The summed E-state index contributed by atoms with van der Waals surface area (Å²) in [6.07, 6.45) is 6.32. The number of hydrogen-bond donors (Lipinski definition) is 0. The monoisotopic (exact) mass is 390 g/mol. The average Bonchev–Trinajstić information content (AvgIpc) is 3.29. The second-order valence-corrected chi connectivity index (χ2v) is 8.10. The number of hydrogen-bond acceptors (Lipinski definition) is 6. The van der Waals surface area contributed by atoms with Crippen LogP contribution in [0.2, 0.25) is 0 Å². The first kappa shape index (κ1) is 18.1. The summed E-state index contributed by atoms with van der Waals surface area (Å²) in [5, 5.41) is 9.19. The minimum Gasteiger partial charge on any atom is -0.368 e. The molecule has 0 atom stereocenters. The molecule has 29 heavy (non-hydrogen) atoms. The zero-order valence-electron chi connectivity index (χ0n) is 16.8. The molecular weight excluding hydrogens is 364 g/mol. The maximum Gasteiger partial charge on any atom is 0.261 e. The summed E-state index contributed by atoms with van der Waals surface area (Å²) in [4.78, 5) is 22.2. The second-order valence-electron chi connectivity index (χ2n) is 8.10.